The number of hydrogen-bond donors (Lipinski definition) is 2. The van der Waals surface area contributed by atoms with Crippen LogP contribution >= 0.6 is 0 Å². The second-order valence-corrected chi connectivity index (χ2v) is 5.86. The molecular formula is C15H27N3O. The first-order valence-corrected chi connectivity index (χ1v) is 7.58. The molecule has 1 aliphatic carbocycles. The number of aliphatic hydroxyl groups excluding tert-OH is 1. The van der Waals surface area contributed by atoms with Gasteiger partial charge in [0.15, 0.2) is 0 Å². The first kappa shape index (κ1) is 14.5. The number of rotatable bonds is 6. The van der Waals surface area contributed by atoms with E-state index in [4.69, 9.17) is 5.11 Å². The summed E-state index contributed by atoms with van der Waals surface area (Å²) in [6, 6.07) is 1.00. The van der Waals surface area contributed by atoms with Crippen LogP contribution in [-0.2, 0) is 13.0 Å². The molecule has 2 rings (SSSR count). The lowest BCUT2D eigenvalue weighted by atomic mass is 9.90. The standard InChI is InChI=1S/C15H27N3O/c1-4-13(11(2)3)17-14-6-5-7-15-12(14)10-16-18(15)8-9-19/h10-11,13-14,17,19H,4-9H2,1-3H3. The van der Waals surface area contributed by atoms with Gasteiger partial charge < -0.3 is 10.4 Å². The van der Waals surface area contributed by atoms with Crippen LogP contribution < -0.4 is 5.32 Å². The van der Waals surface area contributed by atoms with Crippen LogP contribution in [-0.4, -0.2) is 27.5 Å². The van der Waals surface area contributed by atoms with Crippen LogP contribution in [0.2, 0.25) is 0 Å². The van der Waals surface area contributed by atoms with E-state index >= 15 is 0 Å². The Labute approximate surface area is 116 Å². The minimum absolute atomic E-state index is 0.162. The van der Waals surface area contributed by atoms with Gasteiger partial charge in [-0.25, -0.2) is 0 Å². The Morgan fingerprint density at radius 3 is 2.95 bits per heavy atom. The van der Waals surface area contributed by atoms with Crippen LogP contribution in [0.25, 0.3) is 0 Å². The van der Waals surface area contributed by atoms with Crippen LogP contribution in [0.3, 0.4) is 0 Å². The minimum atomic E-state index is 0.162. The van der Waals surface area contributed by atoms with Gasteiger partial charge >= 0.3 is 0 Å². The molecule has 0 fully saturated rings. The average Bonchev–Trinajstić information content (AvgIpc) is 2.80. The summed E-state index contributed by atoms with van der Waals surface area (Å²) in [4.78, 5) is 0. The fourth-order valence-electron chi connectivity index (χ4n) is 3.12. The highest BCUT2D eigenvalue weighted by molar-refractivity contribution is 5.25. The fourth-order valence-corrected chi connectivity index (χ4v) is 3.12. The largest absolute Gasteiger partial charge is 0.394 e. The topological polar surface area (TPSA) is 50.1 Å². The third-order valence-corrected chi connectivity index (χ3v) is 4.23. The summed E-state index contributed by atoms with van der Waals surface area (Å²) >= 11 is 0. The normalized spacial score (nSPS) is 20.6. The van der Waals surface area contributed by atoms with Crippen molar-refractivity contribution in [3.05, 3.63) is 17.5 Å². The van der Waals surface area contributed by atoms with Gasteiger partial charge in [0.1, 0.15) is 0 Å². The fraction of sp³-hybridized carbons (Fsp3) is 0.800. The molecule has 19 heavy (non-hydrogen) atoms. The zero-order valence-corrected chi connectivity index (χ0v) is 12.4. The zero-order valence-electron chi connectivity index (χ0n) is 12.4. The van der Waals surface area contributed by atoms with Crippen LogP contribution in [0.1, 0.15) is 57.3 Å². The molecule has 1 aromatic rings. The lowest BCUT2D eigenvalue weighted by Crippen LogP contribution is -2.37. The van der Waals surface area contributed by atoms with Crippen molar-refractivity contribution in [2.24, 2.45) is 5.92 Å². The Kier molecular flexibility index (Phi) is 4.99. The van der Waals surface area contributed by atoms with Gasteiger partial charge in [0.2, 0.25) is 0 Å². The van der Waals surface area contributed by atoms with E-state index in [2.05, 4.69) is 31.2 Å². The SMILES string of the molecule is CCC(NC1CCCc2c1cnn2CCO)C(C)C. The maximum absolute atomic E-state index is 9.09. The summed E-state index contributed by atoms with van der Waals surface area (Å²) in [7, 11) is 0. The predicted octanol–water partition coefficient (Wildman–Crippen LogP) is 2.28. The van der Waals surface area contributed by atoms with Gasteiger partial charge in [0.05, 0.1) is 19.3 Å². The van der Waals surface area contributed by atoms with Crippen LogP contribution in [0.15, 0.2) is 6.20 Å². The molecule has 108 valence electrons. The number of fused-ring (bicyclic) bond motifs is 1. The lowest BCUT2D eigenvalue weighted by molar-refractivity contribution is 0.265. The van der Waals surface area contributed by atoms with Crippen LogP contribution in [0.4, 0.5) is 0 Å². The van der Waals surface area contributed by atoms with Gasteiger partial charge in [-0.2, -0.15) is 5.10 Å². The van der Waals surface area contributed by atoms with E-state index in [0.29, 0.717) is 24.5 Å². The zero-order chi connectivity index (χ0) is 13.8. The van der Waals surface area contributed by atoms with Gasteiger partial charge in [-0.15, -0.1) is 0 Å². The number of aliphatic hydroxyl groups is 1. The molecule has 0 radical (unpaired) electrons. The first-order chi connectivity index (χ1) is 9.17. The van der Waals surface area contributed by atoms with E-state index in [-0.39, 0.29) is 6.61 Å². The molecule has 1 aromatic heterocycles. The van der Waals surface area contributed by atoms with E-state index in [1.54, 1.807) is 0 Å². The minimum Gasteiger partial charge on any atom is -0.394 e. The smallest absolute Gasteiger partial charge is 0.0644 e. The van der Waals surface area contributed by atoms with E-state index in [0.717, 1.165) is 12.8 Å². The summed E-state index contributed by atoms with van der Waals surface area (Å²) in [5.41, 5.74) is 2.66. The third-order valence-electron chi connectivity index (χ3n) is 4.23. The summed E-state index contributed by atoms with van der Waals surface area (Å²) in [6.07, 6.45) is 6.65. The molecule has 0 spiro atoms. The average molecular weight is 265 g/mol. The van der Waals surface area contributed by atoms with E-state index in [9.17, 15) is 0 Å². The molecule has 0 bridgehead atoms. The predicted molar refractivity (Wildman–Crippen MR) is 77.0 cm³/mol. The van der Waals surface area contributed by atoms with Crippen molar-refractivity contribution in [2.75, 3.05) is 6.61 Å². The molecule has 2 N–H and O–H groups in total. The Hall–Kier alpha value is -0.870. The number of nitrogens with zero attached hydrogens (tertiary/aromatic N) is 2. The van der Waals surface area contributed by atoms with Gasteiger partial charge in [0, 0.05) is 23.3 Å². The number of hydrogen-bond acceptors (Lipinski definition) is 3. The van der Waals surface area contributed by atoms with Crippen molar-refractivity contribution in [2.45, 2.75) is 65.1 Å². The van der Waals surface area contributed by atoms with Crippen molar-refractivity contribution in [1.29, 1.82) is 0 Å². The summed E-state index contributed by atoms with van der Waals surface area (Å²) in [5, 5.41) is 17.3. The quantitative estimate of drug-likeness (QED) is 0.829. The molecule has 4 nitrogen and oxygen atoms in total. The Morgan fingerprint density at radius 1 is 1.53 bits per heavy atom. The van der Waals surface area contributed by atoms with Crippen LogP contribution in [0.5, 0.6) is 0 Å². The van der Waals surface area contributed by atoms with Gasteiger partial charge in [0.25, 0.3) is 0 Å². The molecule has 1 aliphatic rings. The van der Waals surface area contributed by atoms with Crippen LogP contribution in [0, 0.1) is 5.92 Å². The first-order valence-electron chi connectivity index (χ1n) is 7.58. The van der Waals surface area contributed by atoms with Crippen molar-refractivity contribution < 1.29 is 5.11 Å². The van der Waals surface area contributed by atoms with Gasteiger partial charge in [-0.1, -0.05) is 20.8 Å². The van der Waals surface area contributed by atoms with E-state index in [1.165, 1.54) is 24.1 Å². The Balaban J connectivity index is 2.13. The summed E-state index contributed by atoms with van der Waals surface area (Å²) < 4.78 is 1.97. The monoisotopic (exact) mass is 265 g/mol. The number of nitrogens with one attached hydrogen (secondary N) is 1. The van der Waals surface area contributed by atoms with Gasteiger partial charge in [-0.05, 0) is 31.6 Å². The molecule has 0 saturated heterocycles. The lowest BCUT2D eigenvalue weighted by Gasteiger charge is -2.30. The second kappa shape index (κ2) is 6.53. The molecule has 0 saturated carbocycles. The maximum atomic E-state index is 9.09. The highest BCUT2D eigenvalue weighted by Crippen LogP contribution is 2.30. The Morgan fingerprint density at radius 2 is 2.32 bits per heavy atom. The second-order valence-electron chi connectivity index (χ2n) is 5.86. The van der Waals surface area contributed by atoms with Crippen molar-refractivity contribution >= 4 is 0 Å². The summed E-state index contributed by atoms with van der Waals surface area (Å²) in [5.74, 6) is 0.655. The molecule has 0 aliphatic heterocycles. The molecule has 4 heteroatoms. The van der Waals surface area contributed by atoms with Crippen molar-refractivity contribution in [3.63, 3.8) is 0 Å². The summed E-state index contributed by atoms with van der Waals surface area (Å²) in [6.45, 7) is 7.58. The maximum Gasteiger partial charge on any atom is 0.0644 e. The highest BCUT2D eigenvalue weighted by atomic mass is 16.3. The van der Waals surface area contributed by atoms with E-state index < -0.39 is 0 Å². The molecule has 1 heterocycles. The van der Waals surface area contributed by atoms with Crippen molar-refractivity contribution in [1.82, 2.24) is 15.1 Å². The molecule has 0 amide bonds. The molecule has 0 aromatic carbocycles. The Bertz CT molecular complexity index is 400. The molecular weight excluding hydrogens is 238 g/mol. The highest BCUT2D eigenvalue weighted by Gasteiger charge is 2.26. The molecule has 2 unspecified atom stereocenters. The van der Waals surface area contributed by atoms with Gasteiger partial charge in [-0.3, -0.25) is 4.68 Å². The van der Waals surface area contributed by atoms with Crippen molar-refractivity contribution in [3.8, 4) is 0 Å². The number of aromatic nitrogens is 2. The molecule has 2 atom stereocenters. The van der Waals surface area contributed by atoms with E-state index in [1.807, 2.05) is 10.9 Å². The third kappa shape index (κ3) is 3.18.